The molecule has 0 spiro atoms. The molecule has 0 N–H and O–H groups in total. The van der Waals surface area contributed by atoms with Crippen LogP contribution in [0.5, 0.6) is 0 Å². The van der Waals surface area contributed by atoms with Crippen LogP contribution in [0.1, 0.15) is 17.4 Å². The zero-order valence-electron chi connectivity index (χ0n) is 18.4. The normalized spacial score (nSPS) is 28.5. The van der Waals surface area contributed by atoms with Gasteiger partial charge < -0.3 is 18.9 Å². The van der Waals surface area contributed by atoms with E-state index in [1.54, 1.807) is 11.8 Å². The molecule has 2 saturated heterocycles. The van der Waals surface area contributed by atoms with Gasteiger partial charge in [-0.15, -0.1) is 11.8 Å². The van der Waals surface area contributed by atoms with Gasteiger partial charge in [0.2, 0.25) is 0 Å². The third kappa shape index (κ3) is 5.28. The molecular weight excluding hydrogens is 450 g/mol. The van der Waals surface area contributed by atoms with Gasteiger partial charge in [0, 0.05) is 15.4 Å². The lowest BCUT2D eigenvalue weighted by atomic mass is 9.98. The van der Waals surface area contributed by atoms with Crippen molar-refractivity contribution in [3.63, 3.8) is 0 Å². The molecule has 8 heteroatoms. The predicted octanol–water partition coefficient (Wildman–Crippen LogP) is 5.88. The van der Waals surface area contributed by atoms with E-state index in [9.17, 15) is 5.53 Å². The Morgan fingerprint density at radius 3 is 2.29 bits per heavy atom. The van der Waals surface area contributed by atoms with E-state index < -0.39 is 30.8 Å². The number of benzene rings is 3. The van der Waals surface area contributed by atoms with Crippen LogP contribution < -0.4 is 0 Å². The van der Waals surface area contributed by atoms with Crippen molar-refractivity contribution in [3.05, 3.63) is 113 Å². The molecular formula is C26H25N3O4S. The Morgan fingerprint density at radius 1 is 0.912 bits per heavy atom. The second-order valence-corrected chi connectivity index (χ2v) is 9.35. The average Bonchev–Trinajstić information content (AvgIpc) is 2.90. The summed E-state index contributed by atoms with van der Waals surface area (Å²) in [5.74, 6) is 0. The van der Waals surface area contributed by atoms with Gasteiger partial charge >= 0.3 is 0 Å². The van der Waals surface area contributed by atoms with Crippen LogP contribution in [0.25, 0.3) is 10.4 Å². The van der Waals surface area contributed by atoms with Gasteiger partial charge in [0.15, 0.2) is 12.5 Å². The molecule has 0 aliphatic carbocycles. The maximum atomic E-state index is 9.25. The zero-order chi connectivity index (χ0) is 23.2. The lowest BCUT2D eigenvalue weighted by Gasteiger charge is -2.48. The second kappa shape index (κ2) is 11.1. The maximum Gasteiger partial charge on any atom is 0.184 e. The van der Waals surface area contributed by atoms with E-state index >= 15 is 0 Å². The van der Waals surface area contributed by atoms with Crippen molar-refractivity contribution in [1.29, 1.82) is 0 Å². The molecule has 2 aliphatic rings. The summed E-state index contributed by atoms with van der Waals surface area (Å²) in [6, 6.07) is 29.8. The Bertz CT molecular complexity index is 1100. The highest BCUT2D eigenvalue weighted by Crippen LogP contribution is 2.42. The first kappa shape index (κ1) is 22.9. The Kier molecular flexibility index (Phi) is 7.46. The summed E-state index contributed by atoms with van der Waals surface area (Å²) in [7, 11) is 0. The molecule has 2 fully saturated rings. The number of fused-ring (bicyclic) bond motifs is 1. The number of nitrogens with zero attached hydrogens (tertiary/aromatic N) is 3. The summed E-state index contributed by atoms with van der Waals surface area (Å²) in [5.41, 5.74) is 11.2. The van der Waals surface area contributed by atoms with Gasteiger partial charge in [-0.05, 0) is 23.2 Å². The second-order valence-electron chi connectivity index (χ2n) is 8.10. The molecule has 2 heterocycles. The largest absolute Gasteiger partial charge is 0.369 e. The quantitative estimate of drug-likeness (QED) is 0.242. The molecule has 0 amide bonds. The lowest BCUT2D eigenvalue weighted by Crippen LogP contribution is -2.61. The minimum absolute atomic E-state index is 0.308. The predicted molar refractivity (Wildman–Crippen MR) is 129 cm³/mol. The van der Waals surface area contributed by atoms with Crippen molar-refractivity contribution < 1.29 is 18.9 Å². The highest BCUT2D eigenvalue weighted by Gasteiger charge is 2.50. The number of azide groups is 1. The van der Waals surface area contributed by atoms with Crippen molar-refractivity contribution in [2.24, 2.45) is 5.11 Å². The number of hydrogen-bond donors (Lipinski definition) is 0. The van der Waals surface area contributed by atoms with Gasteiger partial charge in [0.25, 0.3) is 0 Å². The molecule has 174 valence electrons. The van der Waals surface area contributed by atoms with Crippen molar-refractivity contribution >= 4 is 11.8 Å². The molecule has 0 bridgehead atoms. The summed E-state index contributed by atoms with van der Waals surface area (Å²) >= 11 is 1.57. The fourth-order valence-corrected chi connectivity index (χ4v) is 5.46. The van der Waals surface area contributed by atoms with Crippen LogP contribution in [-0.4, -0.2) is 36.4 Å². The van der Waals surface area contributed by atoms with Crippen LogP contribution in [0.4, 0.5) is 0 Å². The number of ether oxygens (including phenoxy) is 4. The lowest BCUT2D eigenvalue weighted by molar-refractivity contribution is -0.313. The molecule has 7 nitrogen and oxygen atoms in total. The number of thioether (sulfide) groups is 1. The highest BCUT2D eigenvalue weighted by molar-refractivity contribution is 8.00. The SMILES string of the molecule is [N-]=[N+]=N[C@H]1O[C@@H]2COC(c3ccccc3)O[C@H]2[C@H](OCc2ccccc2)[C@@H]1Sc1ccccc1. The van der Waals surface area contributed by atoms with Crippen molar-refractivity contribution in [2.45, 2.75) is 47.6 Å². The van der Waals surface area contributed by atoms with Crippen LogP contribution in [0.3, 0.4) is 0 Å². The summed E-state index contributed by atoms with van der Waals surface area (Å²) in [6.45, 7) is 0.722. The van der Waals surface area contributed by atoms with E-state index in [2.05, 4.69) is 10.0 Å². The third-order valence-corrected chi connectivity index (χ3v) is 7.16. The molecule has 0 aromatic heterocycles. The van der Waals surface area contributed by atoms with Crippen LogP contribution in [-0.2, 0) is 25.6 Å². The molecule has 34 heavy (non-hydrogen) atoms. The van der Waals surface area contributed by atoms with Gasteiger partial charge in [-0.2, -0.15) is 0 Å². The van der Waals surface area contributed by atoms with Crippen LogP contribution in [0, 0.1) is 0 Å². The first-order chi connectivity index (χ1) is 16.8. The topological polar surface area (TPSA) is 85.7 Å². The van der Waals surface area contributed by atoms with Crippen LogP contribution in [0.2, 0.25) is 0 Å². The average molecular weight is 476 g/mol. The minimum atomic E-state index is -0.724. The third-order valence-electron chi connectivity index (χ3n) is 5.84. The molecule has 0 saturated carbocycles. The fourth-order valence-electron chi connectivity index (χ4n) is 4.22. The van der Waals surface area contributed by atoms with Crippen molar-refractivity contribution in [1.82, 2.24) is 0 Å². The standard InChI is InChI=1S/C26H25N3O4S/c27-29-28-25-24(34-20-14-8-3-9-15-20)23(30-16-18-10-4-1-5-11-18)22-21(32-25)17-31-26(33-22)19-12-6-2-7-13-19/h1-15,21-26H,16-17H2/t21-,22-,23+,24+,25+,26?/m1/s1. The van der Waals surface area contributed by atoms with E-state index in [0.717, 1.165) is 16.0 Å². The molecule has 5 rings (SSSR count). The van der Waals surface area contributed by atoms with E-state index in [0.29, 0.717) is 13.2 Å². The molecule has 3 aromatic carbocycles. The summed E-state index contributed by atoms with van der Waals surface area (Å²) in [5, 5.41) is 3.67. The summed E-state index contributed by atoms with van der Waals surface area (Å²) in [6.07, 6.45) is -2.45. The Balaban J connectivity index is 1.45. The van der Waals surface area contributed by atoms with Gasteiger partial charge in [-0.1, -0.05) is 84.0 Å². The molecule has 2 aliphatic heterocycles. The maximum absolute atomic E-state index is 9.25. The fraction of sp³-hybridized carbons (Fsp3) is 0.308. The number of rotatable bonds is 7. The zero-order valence-corrected chi connectivity index (χ0v) is 19.2. The van der Waals surface area contributed by atoms with Gasteiger partial charge in [-0.3, -0.25) is 0 Å². The van der Waals surface area contributed by atoms with Gasteiger partial charge in [0.1, 0.15) is 18.3 Å². The van der Waals surface area contributed by atoms with Crippen molar-refractivity contribution in [2.75, 3.05) is 6.61 Å². The van der Waals surface area contributed by atoms with Crippen LogP contribution >= 0.6 is 11.8 Å². The first-order valence-corrected chi connectivity index (χ1v) is 12.1. The van der Waals surface area contributed by atoms with Gasteiger partial charge in [-0.25, -0.2) is 0 Å². The van der Waals surface area contributed by atoms with E-state index in [-0.39, 0.29) is 5.25 Å². The minimum Gasteiger partial charge on any atom is -0.369 e. The molecule has 3 aromatic rings. The smallest absolute Gasteiger partial charge is 0.184 e. The Morgan fingerprint density at radius 2 is 1.59 bits per heavy atom. The molecule has 0 radical (unpaired) electrons. The molecule has 6 atom stereocenters. The molecule has 1 unspecified atom stereocenters. The number of hydrogen-bond acceptors (Lipinski definition) is 6. The van der Waals surface area contributed by atoms with E-state index in [1.807, 2.05) is 91.0 Å². The Labute approximate surface area is 202 Å². The Hall–Kier alpha value is -2.84. The highest BCUT2D eigenvalue weighted by atomic mass is 32.2. The van der Waals surface area contributed by atoms with E-state index in [1.165, 1.54) is 0 Å². The summed E-state index contributed by atoms with van der Waals surface area (Å²) in [4.78, 5) is 4.09. The van der Waals surface area contributed by atoms with Crippen LogP contribution in [0.15, 0.2) is 101 Å². The monoisotopic (exact) mass is 475 g/mol. The van der Waals surface area contributed by atoms with E-state index in [4.69, 9.17) is 18.9 Å². The first-order valence-electron chi connectivity index (χ1n) is 11.2. The van der Waals surface area contributed by atoms with Crippen molar-refractivity contribution in [3.8, 4) is 0 Å². The summed E-state index contributed by atoms with van der Waals surface area (Å²) < 4.78 is 25.2. The van der Waals surface area contributed by atoms with Gasteiger partial charge in [0.05, 0.1) is 18.5 Å².